The predicted molar refractivity (Wildman–Crippen MR) is 136 cm³/mol. The number of fused-ring (bicyclic) bond motifs is 1. The van der Waals surface area contributed by atoms with E-state index >= 15 is 0 Å². The Hall–Kier alpha value is -4.14. The smallest absolute Gasteiger partial charge is 0.358 e. The molecule has 2 amide bonds. The Morgan fingerprint density at radius 3 is 2.75 bits per heavy atom. The van der Waals surface area contributed by atoms with Crippen LogP contribution in [0.2, 0.25) is 0 Å². The quantitative estimate of drug-likeness (QED) is 0.438. The van der Waals surface area contributed by atoms with Crippen LogP contribution >= 0.6 is 0 Å². The van der Waals surface area contributed by atoms with Gasteiger partial charge in [0, 0.05) is 54.7 Å². The molecule has 36 heavy (non-hydrogen) atoms. The average molecular weight is 488 g/mol. The Morgan fingerprint density at radius 1 is 1.19 bits per heavy atom. The van der Waals surface area contributed by atoms with Gasteiger partial charge in [0.2, 0.25) is 11.8 Å². The SMILES string of the molecule is COC(=O)c1cn(Cc2ccc3c(c2)C(C)(C)CN3C(=O)C2CC(=O)N(c3cccc(N)c3)C2)cn1. The van der Waals surface area contributed by atoms with E-state index in [1.165, 1.54) is 7.11 Å². The molecule has 0 radical (unpaired) electrons. The van der Waals surface area contributed by atoms with E-state index in [0.29, 0.717) is 25.3 Å². The zero-order valence-corrected chi connectivity index (χ0v) is 20.6. The van der Waals surface area contributed by atoms with Gasteiger partial charge >= 0.3 is 5.97 Å². The Labute approximate surface area is 209 Å². The van der Waals surface area contributed by atoms with Gasteiger partial charge in [-0.3, -0.25) is 9.59 Å². The third kappa shape index (κ3) is 4.21. The fourth-order valence-corrected chi connectivity index (χ4v) is 5.12. The number of ether oxygens (including phenoxy) is 1. The fourth-order valence-electron chi connectivity index (χ4n) is 5.12. The number of methoxy groups -OCH3 is 1. The van der Waals surface area contributed by atoms with Gasteiger partial charge in [-0.15, -0.1) is 0 Å². The number of nitrogens with two attached hydrogens (primary N) is 1. The van der Waals surface area contributed by atoms with Crippen molar-refractivity contribution in [2.24, 2.45) is 5.92 Å². The van der Waals surface area contributed by atoms with Crippen molar-refractivity contribution < 1.29 is 19.1 Å². The number of carbonyl (C=O) groups excluding carboxylic acids is 3. The summed E-state index contributed by atoms with van der Waals surface area (Å²) in [6, 6.07) is 13.2. The minimum Gasteiger partial charge on any atom is -0.464 e. The van der Waals surface area contributed by atoms with E-state index in [1.807, 2.05) is 33.7 Å². The molecule has 3 heterocycles. The summed E-state index contributed by atoms with van der Waals surface area (Å²) in [4.78, 5) is 45.6. The molecule has 1 saturated heterocycles. The van der Waals surface area contributed by atoms with E-state index in [2.05, 4.69) is 24.9 Å². The first-order valence-corrected chi connectivity index (χ1v) is 11.9. The first kappa shape index (κ1) is 23.6. The van der Waals surface area contributed by atoms with Crippen molar-refractivity contribution in [3.8, 4) is 0 Å². The highest BCUT2D eigenvalue weighted by atomic mass is 16.5. The van der Waals surface area contributed by atoms with Gasteiger partial charge in [-0.1, -0.05) is 32.0 Å². The van der Waals surface area contributed by atoms with Gasteiger partial charge in [-0.2, -0.15) is 0 Å². The van der Waals surface area contributed by atoms with Gasteiger partial charge in [0.05, 0.1) is 19.4 Å². The van der Waals surface area contributed by atoms with Crippen LogP contribution in [0, 0.1) is 5.92 Å². The molecule has 1 atom stereocenters. The number of anilines is 3. The molecule has 1 fully saturated rings. The Morgan fingerprint density at radius 2 is 2.00 bits per heavy atom. The van der Waals surface area contributed by atoms with Gasteiger partial charge in [0.15, 0.2) is 5.69 Å². The molecule has 2 aliphatic heterocycles. The first-order valence-electron chi connectivity index (χ1n) is 11.9. The number of hydrogen-bond donors (Lipinski definition) is 1. The summed E-state index contributed by atoms with van der Waals surface area (Å²) >= 11 is 0. The second-order valence-corrected chi connectivity index (χ2v) is 10.1. The van der Waals surface area contributed by atoms with Crippen LogP contribution in [0.1, 0.15) is 41.9 Å². The lowest BCUT2D eigenvalue weighted by molar-refractivity contribution is -0.124. The monoisotopic (exact) mass is 487 g/mol. The summed E-state index contributed by atoms with van der Waals surface area (Å²) in [6.07, 6.45) is 3.44. The third-order valence-corrected chi connectivity index (χ3v) is 6.95. The second kappa shape index (κ2) is 8.82. The van der Waals surface area contributed by atoms with Gasteiger partial charge < -0.3 is 24.8 Å². The zero-order valence-electron chi connectivity index (χ0n) is 20.6. The molecular formula is C27H29N5O4. The minimum atomic E-state index is -0.474. The number of esters is 1. The molecule has 2 N–H and O–H groups in total. The lowest BCUT2D eigenvalue weighted by atomic mass is 9.86. The Bertz CT molecular complexity index is 1360. The zero-order chi connectivity index (χ0) is 25.6. The predicted octanol–water partition coefficient (Wildman–Crippen LogP) is 2.98. The van der Waals surface area contributed by atoms with E-state index in [1.54, 1.807) is 29.6 Å². The number of carbonyl (C=O) groups is 3. The van der Waals surface area contributed by atoms with Crippen molar-refractivity contribution in [3.63, 3.8) is 0 Å². The highest BCUT2D eigenvalue weighted by molar-refractivity contribution is 6.05. The number of amides is 2. The molecule has 3 aromatic rings. The van der Waals surface area contributed by atoms with Crippen LogP contribution in [0.25, 0.3) is 0 Å². The topological polar surface area (TPSA) is 111 Å². The van der Waals surface area contributed by atoms with Crippen molar-refractivity contribution in [2.75, 3.05) is 35.7 Å². The second-order valence-electron chi connectivity index (χ2n) is 10.1. The normalized spacial score (nSPS) is 18.4. The summed E-state index contributed by atoms with van der Waals surface area (Å²) in [5.74, 6) is -0.993. The molecule has 0 aliphatic carbocycles. The van der Waals surface area contributed by atoms with Gasteiger partial charge in [-0.05, 0) is 35.4 Å². The molecule has 2 aromatic carbocycles. The summed E-state index contributed by atoms with van der Waals surface area (Å²) in [5.41, 5.74) is 10.2. The number of aromatic nitrogens is 2. The molecule has 9 nitrogen and oxygen atoms in total. The van der Waals surface area contributed by atoms with Crippen LogP contribution in [0.4, 0.5) is 17.1 Å². The van der Waals surface area contributed by atoms with E-state index in [4.69, 9.17) is 10.5 Å². The molecule has 0 bridgehead atoms. The Kier molecular flexibility index (Phi) is 5.78. The lowest BCUT2D eigenvalue weighted by Gasteiger charge is -2.23. The molecule has 9 heteroatoms. The summed E-state index contributed by atoms with van der Waals surface area (Å²) in [5, 5.41) is 0. The standard InChI is InChI=1S/C27H29N5O4/c1-27(2)15-32(25(34)18-10-24(33)31(13-18)20-6-4-5-19(28)11-20)23-8-7-17(9-21(23)27)12-30-14-22(29-16-30)26(35)36-3/h4-9,11,14,16,18H,10,12-13,15,28H2,1-3H3. The fraction of sp³-hybridized carbons (Fsp3) is 0.333. The van der Waals surface area contributed by atoms with Crippen molar-refractivity contribution in [2.45, 2.75) is 32.2 Å². The highest BCUT2D eigenvalue weighted by Crippen LogP contribution is 2.42. The van der Waals surface area contributed by atoms with Gasteiger partial charge in [0.1, 0.15) is 0 Å². The molecular weight excluding hydrogens is 458 g/mol. The van der Waals surface area contributed by atoms with Crippen LogP contribution in [-0.4, -0.2) is 47.5 Å². The molecule has 1 aromatic heterocycles. The van der Waals surface area contributed by atoms with Crippen LogP contribution in [0.15, 0.2) is 55.0 Å². The van der Waals surface area contributed by atoms with Gasteiger partial charge in [-0.25, -0.2) is 9.78 Å². The third-order valence-electron chi connectivity index (χ3n) is 6.95. The maximum atomic E-state index is 13.6. The van der Waals surface area contributed by atoms with E-state index in [9.17, 15) is 14.4 Å². The van der Waals surface area contributed by atoms with Crippen molar-refractivity contribution in [1.29, 1.82) is 0 Å². The number of benzene rings is 2. The number of hydrogen-bond acceptors (Lipinski definition) is 6. The lowest BCUT2D eigenvalue weighted by Crippen LogP contribution is -2.39. The molecule has 0 saturated carbocycles. The number of nitrogen functional groups attached to an aromatic ring is 1. The maximum absolute atomic E-state index is 13.6. The number of nitrogens with zero attached hydrogens (tertiary/aromatic N) is 4. The maximum Gasteiger partial charge on any atom is 0.358 e. The van der Waals surface area contributed by atoms with E-state index < -0.39 is 11.9 Å². The largest absolute Gasteiger partial charge is 0.464 e. The Balaban J connectivity index is 1.35. The summed E-state index contributed by atoms with van der Waals surface area (Å²) in [7, 11) is 1.33. The minimum absolute atomic E-state index is 0.0355. The number of imidazole rings is 1. The van der Waals surface area contributed by atoms with Crippen molar-refractivity contribution >= 4 is 34.8 Å². The highest BCUT2D eigenvalue weighted by Gasteiger charge is 2.43. The molecule has 1 unspecified atom stereocenters. The first-order chi connectivity index (χ1) is 17.2. The summed E-state index contributed by atoms with van der Waals surface area (Å²) in [6.45, 7) is 5.66. The molecule has 0 spiro atoms. The number of rotatable bonds is 5. The van der Waals surface area contributed by atoms with Crippen LogP contribution in [-0.2, 0) is 26.3 Å². The summed E-state index contributed by atoms with van der Waals surface area (Å²) < 4.78 is 6.55. The van der Waals surface area contributed by atoms with Crippen molar-refractivity contribution in [3.05, 3.63) is 71.8 Å². The van der Waals surface area contributed by atoms with Gasteiger partial charge in [0.25, 0.3) is 0 Å². The van der Waals surface area contributed by atoms with Crippen LogP contribution < -0.4 is 15.5 Å². The van der Waals surface area contributed by atoms with Crippen LogP contribution in [0.3, 0.4) is 0 Å². The van der Waals surface area contributed by atoms with E-state index in [-0.39, 0.29) is 29.3 Å². The molecule has 2 aliphatic rings. The van der Waals surface area contributed by atoms with Crippen molar-refractivity contribution in [1.82, 2.24) is 9.55 Å². The molecule has 5 rings (SSSR count). The van der Waals surface area contributed by atoms with Crippen LogP contribution in [0.5, 0.6) is 0 Å². The average Bonchev–Trinajstić information content (AvgIpc) is 3.54. The van der Waals surface area contributed by atoms with E-state index in [0.717, 1.165) is 22.5 Å². The molecule has 186 valence electrons.